The van der Waals surface area contributed by atoms with E-state index in [0.29, 0.717) is 112 Å². The molecule has 522 valence electrons. The number of rotatable bonds is 42. The first-order chi connectivity index (χ1) is 46.2. The zero-order chi connectivity index (χ0) is 69.0. The molecule has 0 radical (unpaired) electrons. The lowest BCUT2D eigenvalue weighted by Gasteiger charge is -2.35. The molecule has 0 unspecified atom stereocenters. The summed E-state index contributed by atoms with van der Waals surface area (Å²) in [5.74, 6) is -2.96. The molecule has 7 N–H and O–H groups in total. The number of carbonyl (C=O) groups is 5. The second-order valence-electron chi connectivity index (χ2n) is 24.6. The van der Waals surface area contributed by atoms with Crippen LogP contribution in [-0.4, -0.2) is 201 Å². The van der Waals surface area contributed by atoms with Gasteiger partial charge in [0.2, 0.25) is 17.7 Å². The van der Waals surface area contributed by atoms with Crippen molar-refractivity contribution in [3.8, 4) is 38.6 Å². The number of nitrogens with one attached hydrogen (secondary N) is 3. The maximum Gasteiger partial charge on any atom is 0.305 e. The van der Waals surface area contributed by atoms with Crippen molar-refractivity contribution in [2.75, 3.05) is 111 Å². The number of carbonyl (C=O) groups excluding carboxylic acids is 4. The zero-order valence-corrected chi connectivity index (χ0v) is 56.5. The summed E-state index contributed by atoms with van der Waals surface area (Å²) in [4.78, 5) is 73.0. The maximum absolute atomic E-state index is 14.6. The van der Waals surface area contributed by atoms with Gasteiger partial charge in [0.15, 0.2) is 0 Å². The number of aryl methyl sites for hydroxylation is 1. The molecule has 7 rings (SSSR count). The Bertz CT molecular complexity index is 3360. The van der Waals surface area contributed by atoms with E-state index in [0.717, 1.165) is 27.3 Å². The number of aliphatic carboxylic acids is 1. The summed E-state index contributed by atoms with van der Waals surface area (Å²) in [6.07, 6.45) is -3.59. The van der Waals surface area contributed by atoms with Gasteiger partial charge in [0.05, 0.1) is 138 Å². The Morgan fingerprint density at radius 1 is 0.708 bits per heavy atom. The van der Waals surface area contributed by atoms with Crippen LogP contribution in [0, 0.1) is 18.2 Å². The molecule has 1 saturated heterocycles. The molecule has 0 bridgehead atoms. The molecule has 0 aliphatic carbocycles. The van der Waals surface area contributed by atoms with Gasteiger partial charge in [-0.25, -0.2) is 9.37 Å². The van der Waals surface area contributed by atoms with Crippen LogP contribution in [0.5, 0.6) is 5.75 Å². The number of β-amino-alcohol motifs (C(OH)–C–C–N with tert-alkyl or cyclic N) is 1. The number of hydrogen-bond acceptors (Lipinski definition) is 18. The van der Waals surface area contributed by atoms with E-state index in [9.17, 15) is 43.7 Å². The van der Waals surface area contributed by atoms with Gasteiger partial charge in [-0.3, -0.25) is 24.0 Å². The van der Waals surface area contributed by atoms with Gasteiger partial charge in [-0.15, -0.1) is 11.3 Å². The quantitative estimate of drug-likeness (QED) is 0.0178. The van der Waals surface area contributed by atoms with Crippen LogP contribution in [0.3, 0.4) is 0 Å². The highest BCUT2D eigenvalue weighted by Crippen LogP contribution is 2.43. The van der Waals surface area contributed by atoms with Crippen LogP contribution >= 0.6 is 11.3 Å². The number of hydrogen-bond donors (Lipinski definition) is 7. The number of nitrogens with zero attached hydrogens (tertiary/aromatic N) is 3. The molecule has 25 heteroatoms. The second kappa shape index (κ2) is 39.0. The van der Waals surface area contributed by atoms with E-state index in [1.165, 1.54) is 17.0 Å². The van der Waals surface area contributed by atoms with Crippen molar-refractivity contribution in [3.63, 3.8) is 0 Å². The number of aromatic nitrogens is 2. The number of aliphatic hydroxyl groups excluding tert-OH is 3. The van der Waals surface area contributed by atoms with Gasteiger partial charge in [-0.05, 0) is 102 Å². The van der Waals surface area contributed by atoms with Crippen molar-refractivity contribution >= 4 is 46.6 Å². The molecule has 1 aliphatic heterocycles. The van der Waals surface area contributed by atoms with E-state index in [1.54, 1.807) is 53.2 Å². The van der Waals surface area contributed by atoms with Crippen molar-refractivity contribution in [2.24, 2.45) is 5.41 Å². The summed E-state index contributed by atoms with van der Waals surface area (Å²) in [6, 6.07) is 28.3. The van der Waals surface area contributed by atoms with Crippen LogP contribution in [-0.2, 0) is 65.4 Å². The lowest BCUT2D eigenvalue weighted by Crippen LogP contribution is -2.58. The predicted octanol–water partition coefficient (Wildman–Crippen LogP) is 8.05. The van der Waals surface area contributed by atoms with Crippen LogP contribution in [0.4, 0.5) is 10.1 Å². The van der Waals surface area contributed by atoms with Gasteiger partial charge >= 0.3 is 5.97 Å². The minimum Gasteiger partial charge on any atom is -0.491 e. The largest absolute Gasteiger partial charge is 0.491 e. The van der Waals surface area contributed by atoms with Gasteiger partial charge in [-0.1, -0.05) is 89.2 Å². The molecule has 4 aromatic carbocycles. The normalized spacial score (nSPS) is 15.0. The summed E-state index contributed by atoms with van der Waals surface area (Å²) in [5, 5.41) is 49.7. The third kappa shape index (κ3) is 23.9. The Hall–Kier alpha value is -7.53. The number of benzene rings is 4. The molecule has 0 spiro atoms. The van der Waals surface area contributed by atoms with Crippen molar-refractivity contribution in [1.29, 1.82) is 0 Å². The van der Waals surface area contributed by atoms with E-state index in [1.807, 2.05) is 101 Å². The average molecular weight is 1350 g/mol. The standard InChI is InChI=1S/C71H93FN6O17S/c1-47(2)64-63(62(50-10-8-7-9-11-50)65(51-16-18-53(72)19-17-51)77(64)25-24-55(79)40-56(80)42-61(83)84)69(86)75-54-20-22-58(23-21-54)95-39-38-93-35-34-91-31-30-89-27-26-88-28-29-90-32-33-92-36-37-94-45-60(82)76-67(71(4,5)6)70(87)78-44-57(81)41-59(78)68(85)73-43-49-12-14-52(15-13-49)66-48(3)74-46-96-66/h7-23,46-47,55-57,59,67,79-81H,24-45H2,1-6H3,(H,73,85)(H,75,86)(H,76,82)(H,83,84)/t55-,56-,57-,59+,67-/m1/s1. The summed E-state index contributed by atoms with van der Waals surface area (Å²) < 4.78 is 61.3. The van der Waals surface area contributed by atoms with Crippen LogP contribution < -0.4 is 20.7 Å². The number of carboxylic acid groups (broad SMARTS) is 1. The lowest BCUT2D eigenvalue weighted by molar-refractivity contribution is -0.144. The van der Waals surface area contributed by atoms with Gasteiger partial charge < -0.3 is 83.7 Å². The third-order valence-electron chi connectivity index (χ3n) is 15.7. The Balaban J connectivity index is 0.699. The van der Waals surface area contributed by atoms with Gasteiger partial charge in [0, 0.05) is 43.0 Å². The second-order valence-corrected chi connectivity index (χ2v) is 25.4. The highest BCUT2D eigenvalue weighted by Gasteiger charge is 2.44. The van der Waals surface area contributed by atoms with E-state index in [-0.39, 0.29) is 83.1 Å². The van der Waals surface area contributed by atoms with Crippen LogP contribution in [0.15, 0.2) is 109 Å². The number of ether oxygens (including phenoxy) is 8. The lowest BCUT2D eigenvalue weighted by atomic mass is 9.85. The topological polar surface area (TPSA) is 297 Å². The van der Waals surface area contributed by atoms with Crippen molar-refractivity contribution in [3.05, 3.63) is 137 Å². The molecule has 4 amide bonds. The molecule has 1 fully saturated rings. The fourth-order valence-electron chi connectivity index (χ4n) is 11.0. The smallest absolute Gasteiger partial charge is 0.305 e. The highest BCUT2D eigenvalue weighted by molar-refractivity contribution is 7.13. The van der Waals surface area contributed by atoms with Crippen molar-refractivity contribution in [2.45, 2.75) is 117 Å². The van der Waals surface area contributed by atoms with Gasteiger partial charge in [-0.2, -0.15) is 0 Å². The first kappa shape index (κ1) is 75.8. The molecule has 2 aromatic heterocycles. The van der Waals surface area contributed by atoms with E-state index < -0.39 is 65.8 Å². The number of likely N-dealkylation sites (tertiary alicyclic amines) is 1. The molecular formula is C71H93FN6O17S. The summed E-state index contributed by atoms with van der Waals surface area (Å²) in [6.45, 7) is 16.0. The molecule has 0 saturated carbocycles. The summed E-state index contributed by atoms with van der Waals surface area (Å²) in [7, 11) is 0. The minimum atomic E-state index is -1.24. The van der Waals surface area contributed by atoms with E-state index in [2.05, 4.69) is 20.9 Å². The Labute approximate surface area is 564 Å². The van der Waals surface area contributed by atoms with Gasteiger partial charge in [0.25, 0.3) is 5.91 Å². The minimum absolute atomic E-state index is 0.0324. The molecular weight excluding hydrogens is 1260 g/mol. The van der Waals surface area contributed by atoms with Crippen LogP contribution in [0.25, 0.3) is 32.8 Å². The Morgan fingerprint density at radius 2 is 1.27 bits per heavy atom. The van der Waals surface area contributed by atoms with E-state index >= 15 is 0 Å². The monoisotopic (exact) mass is 1350 g/mol. The van der Waals surface area contributed by atoms with Crippen LogP contribution in [0.1, 0.15) is 93.5 Å². The Morgan fingerprint density at radius 3 is 1.81 bits per heavy atom. The number of anilines is 1. The fraction of sp³-hybridized carbons (Fsp3) is 0.493. The average Bonchev–Trinajstić information content (AvgIpc) is 1.59. The predicted molar refractivity (Wildman–Crippen MR) is 360 cm³/mol. The van der Waals surface area contributed by atoms with Gasteiger partial charge in [0.1, 0.15) is 36.9 Å². The van der Waals surface area contributed by atoms with Crippen molar-refractivity contribution in [1.82, 2.24) is 25.1 Å². The highest BCUT2D eigenvalue weighted by atomic mass is 32.1. The SMILES string of the molecule is Cc1ncsc1-c1ccc(CNC(=O)[C@@H]2C[C@@H](O)CN2C(=O)[C@@H](NC(=O)COCCOCCOCCOCCOCCOCCOCCOc2ccc(NC(=O)c3c(-c4ccccc4)c(-c4ccc(F)cc4)n(CC[C@@H](O)C[C@@H](O)CC(=O)O)c3C(C)C)cc2)C(C)(C)C)cc1. The Kier molecular flexibility index (Phi) is 30.8. The fourth-order valence-corrected chi connectivity index (χ4v) is 11.8. The first-order valence-electron chi connectivity index (χ1n) is 32.5. The molecule has 5 atom stereocenters. The maximum atomic E-state index is 14.6. The third-order valence-corrected chi connectivity index (χ3v) is 16.7. The summed E-state index contributed by atoms with van der Waals surface area (Å²) >= 11 is 1.56. The first-order valence-corrected chi connectivity index (χ1v) is 33.3. The van der Waals surface area contributed by atoms with Crippen LogP contribution in [0.2, 0.25) is 0 Å². The zero-order valence-electron chi connectivity index (χ0n) is 55.6. The molecule has 23 nitrogen and oxygen atoms in total. The molecule has 6 aromatic rings. The number of aliphatic hydroxyl groups is 3. The van der Waals surface area contributed by atoms with Crippen molar-refractivity contribution < 1.29 is 86.7 Å². The number of carboxylic acids is 1. The number of halogens is 1. The molecule has 1 aliphatic rings. The molecule has 96 heavy (non-hydrogen) atoms. The number of thiazole rings is 1. The summed E-state index contributed by atoms with van der Waals surface area (Å²) in [5.41, 5.74) is 8.23. The van der Waals surface area contributed by atoms with E-state index in [4.69, 9.17) is 43.0 Å². The number of amides is 4. The molecule has 3 heterocycles.